The molecule has 4 nitrogen and oxygen atoms in total. The van der Waals surface area contributed by atoms with E-state index in [1.165, 1.54) is 0 Å². The molecule has 1 amide bonds. The molecule has 0 saturated heterocycles. The Morgan fingerprint density at radius 1 is 1.44 bits per heavy atom. The maximum atomic E-state index is 11.1. The fourth-order valence-electron chi connectivity index (χ4n) is 1.39. The lowest BCUT2D eigenvalue weighted by atomic mass is 10.0. The largest absolute Gasteiger partial charge is 0.358 e. The van der Waals surface area contributed by atoms with E-state index < -0.39 is 0 Å². The summed E-state index contributed by atoms with van der Waals surface area (Å²) in [5.74, 6) is -0.0844. The van der Waals surface area contributed by atoms with E-state index in [-0.39, 0.29) is 18.5 Å². The molecule has 0 aliphatic carbocycles. The molecule has 2 N–H and O–H groups in total. The molecule has 1 rings (SSSR count). The van der Waals surface area contributed by atoms with E-state index in [1.807, 2.05) is 30.3 Å². The van der Waals surface area contributed by atoms with E-state index in [1.54, 1.807) is 7.05 Å². The third kappa shape index (κ3) is 3.71. The normalized spacial score (nSPS) is 11.5. The van der Waals surface area contributed by atoms with Crippen LogP contribution in [-0.4, -0.2) is 19.5 Å². The fraction of sp³-hybridized carbons (Fsp3) is 0.333. The lowest BCUT2D eigenvalue weighted by Crippen LogP contribution is -2.33. The Kier molecular flexibility index (Phi) is 5.03. The van der Waals surface area contributed by atoms with Crippen LogP contribution in [0.5, 0.6) is 0 Å². The van der Waals surface area contributed by atoms with Crippen LogP contribution >= 0.6 is 0 Å². The average molecular weight is 217 g/mol. The molecule has 1 unspecified atom stereocenters. The number of amides is 1. The van der Waals surface area contributed by atoms with Crippen LogP contribution in [0.2, 0.25) is 0 Å². The molecule has 4 heteroatoms. The van der Waals surface area contributed by atoms with Gasteiger partial charge in [0.1, 0.15) is 0 Å². The molecule has 0 heterocycles. The monoisotopic (exact) mass is 217 g/mol. The highest BCUT2D eigenvalue weighted by Crippen LogP contribution is 2.15. The van der Waals surface area contributed by atoms with Crippen molar-refractivity contribution in [2.45, 2.75) is 12.5 Å². The van der Waals surface area contributed by atoms with Gasteiger partial charge in [0, 0.05) is 13.1 Å². The summed E-state index contributed by atoms with van der Waals surface area (Å²) in [6, 6.07) is 11.7. The summed E-state index contributed by atoms with van der Waals surface area (Å²) in [4.78, 5) is 11.1. The van der Waals surface area contributed by atoms with Crippen molar-refractivity contribution in [2.24, 2.45) is 0 Å². The van der Waals surface area contributed by atoms with Gasteiger partial charge in [0.15, 0.2) is 0 Å². The smallest absolute Gasteiger partial charge is 0.233 e. The molecular weight excluding hydrogens is 202 g/mol. The van der Waals surface area contributed by atoms with Gasteiger partial charge in [0.05, 0.1) is 19.0 Å². The van der Waals surface area contributed by atoms with Gasteiger partial charge in [-0.25, -0.2) is 0 Å². The molecule has 0 aliphatic heterocycles. The van der Waals surface area contributed by atoms with Crippen molar-refractivity contribution in [3.8, 4) is 6.07 Å². The van der Waals surface area contributed by atoms with Crippen LogP contribution in [0.25, 0.3) is 0 Å². The highest BCUT2D eigenvalue weighted by molar-refractivity contribution is 5.77. The lowest BCUT2D eigenvalue weighted by Gasteiger charge is -2.15. The molecule has 1 aromatic carbocycles. The fourth-order valence-corrected chi connectivity index (χ4v) is 1.39. The van der Waals surface area contributed by atoms with Crippen molar-refractivity contribution in [1.82, 2.24) is 10.6 Å². The Morgan fingerprint density at radius 2 is 2.12 bits per heavy atom. The molecular formula is C12H15N3O. The van der Waals surface area contributed by atoms with E-state index in [0.717, 1.165) is 5.56 Å². The molecule has 84 valence electrons. The number of carbonyl (C=O) groups excluding carboxylic acids is 1. The zero-order valence-electron chi connectivity index (χ0n) is 9.23. The molecule has 16 heavy (non-hydrogen) atoms. The number of hydrogen-bond donors (Lipinski definition) is 2. The summed E-state index contributed by atoms with van der Waals surface area (Å²) in [6.07, 6.45) is 0.348. The van der Waals surface area contributed by atoms with Crippen molar-refractivity contribution < 1.29 is 4.79 Å². The molecule has 0 spiro atoms. The van der Waals surface area contributed by atoms with Gasteiger partial charge in [0.25, 0.3) is 0 Å². The van der Waals surface area contributed by atoms with Crippen molar-refractivity contribution in [1.29, 1.82) is 5.26 Å². The first-order valence-electron chi connectivity index (χ1n) is 5.13. The Labute approximate surface area is 95.3 Å². The van der Waals surface area contributed by atoms with Gasteiger partial charge in [-0.05, 0) is 5.56 Å². The summed E-state index contributed by atoms with van der Waals surface area (Å²) in [6.45, 7) is 0.220. The summed E-state index contributed by atoms with van der Waals surface area (Å²) in [7, 11) is 1.59. The second-order valence-corrected chi connectivity index (χ2v) is 3.38. The van der Waals surface area contributed by atoms with Crippen molar-refractivity contribution >= 4 is 5.91 Å². The van der Waals surface area contributed by atoms with E-state index >= 15 is 0 Å². The summed E-state index contributed by atoms with van der Waals surface area (Å²) in [5.41, 5.74) is 1.02. The van der Waals surface area contributed by atoms with Crippen molar-refractivity contribution in [3.05, 3.63) is 35.9 Å². The van der Waals surface area contributed by atoms with Gasteiger partial charge in [0.2, 0.25) is 5.91 Å². The van der Waals surface area contributed by atoms with Crippen LogP contribution in [-0.2, 0) is 4.79 Å². The number of nitrogens with one attached hydrogen (secondary N) is 2. The van der Waals surface area contributed by atoms with E-state index in [9.17, 15) is 4.79 Å². The molecule has 0 bridgehead atoms. The molecule has 0 radical (unpaired) electrons. The quantitative estimate of drug-likeness (QED) is 0.772. The van der Waals surface area contributed by atoms with E-state index in [0.29, 0.717) is 6.42 Å². The lowest BCUT2D eigenvalue weighted by molar-refractivity contribution is -0.119. The number of nitriles is 1. The van der Waals surface area contributed by atoms with Crippen molar-refractivity contribution in [2.75, 3.05) is 13.6 Å². The zero-order chi connectivity index (χ0) is 11.8. The zero-order valence-corrected chi connectivity index (χ0v) is 9.23. The SMILES string of the molecule is CNC(=O)CNC(CC#N)c1ccccc1. The Morgan fingerprint density at radius 3 is 2.69 bits per heavy atom. The van der Waals surface area contributed by atoms with E-state index in [4.69, 9.17) is 5.26 Å². The third-order valence-corrected chi connectivity index (χ3v) is 2.29. The second-order valence-electron chi connectivity index (χ2n) is 3.38. The molecule has 1 aromatic rings. The molecule has 0 aromatic heterocycles. The topological polar surface area (TPSA) is 64.9 Å². The van der Waals surface area contributed by atoms with Crippen LogP contribution < -0.4 is 10.6 Å². The highest BCUT2D eigenvalue weighted by atomic mass is 16.1. The van der Waals surface area contributed by atoms with Gasteiger partial charge in [-0.15, -0.1) is 0 Å². The first-order chi connectivity index (χ1) is 7.77. The molecule has 0 aliphatic rings. The average Bonchev–Trinajstić information content (AvgIpc) is 2.35. The number of rotatable bonds is 5. The summed E-state index contributed by atoms with van der Waals surface area (Å²) >= 11 is 0. The van der Waals surface area contributed by atoms with Gasteiger partial charge in [-0.3, -0.25) is 4.79 Å². The van der Waals surface area contributed by atoms with Crippen LogP contribution in [0.1, 0.15) is 18.0 Å². The van der Waals surface area contributed by atoms with Gasteiger partial charge in [-0.1, -0.05) is 30.3 Å². The number of benzene rings is 1. The minimum absolute atomic E-state index is 0.0844. The van der Waals surface area contributed by atoms with Crippen LogP contribution in [0.15, 0.2) is 30.3 Å². The van der Waals surface area contributed by atoms with Gasteiger partial charge < -0.3 is 10.6 Å². The van der Waals surface area contributed by atoms with Crippen molar-refractivity contribution in [3.63, 3.8) is 0 Å². The molecule has 0 saturated carbocycles. The third-order valence-electron chi connectivity index (χ3n) is 2.29. The maximum Gasteiger partial charge on any atom is 0.233 e. The molecule has 0 fully saturated rings. The summed E-state index contributed by atoms with van der Waals surface area (Å²) in [5, 5.41) is 14.3. The van der Waals surface area contributed by atoms with Crippen LogP contribution in [0.4, 0.5) is 0 Å². The number of hydrogen-bond acceptors (Lipinski definition) is 3. The number of carbonyl (C=O) groups is 1. The minimum atomic E-state index is -0.0940. The van der Waals surface area contributed by atoms with Gasteiger partial charge in [-0.2, -0.15) is 5.26 Å². The Balaban J connectivity index is 2.62. The first kappa shape index (κ1) is 12.2. The van der Waals surface area contributed by atoms with Crippen LogP contribution in [0.3, 0.4) is 0 Å². The minimum Gasteiger partial charge on any atom is -0.358 e. The predicted octanol–water partition coefficient (Wildman–Crippen LogP) is 0.977. The molecule has 1 atom stereocenters. The maximum absolute atomic E-state index is 11.1. The first-order valence-corrected chi connectivity index (χ1v) is 5.13. The highest BCUT2D eigenvalue weighted by Gasteiger charge is 2.11. The number of nitrogens with zero attached hydrogens (tertiary/aromatic N) is 1. The van der Waals surface area contributed by atoms with E-state index in [2.05, 4.69) is 16.7 Å². The standard InChI is InChI=1S/C12H15N3O/c1-14-12(16)9-15-11(7-8-13)10-5-3-2-4-6-10/h2-6,11,15H,7,9H2,1H3,(H,14,16). The number of likely N-dealkylation sites (N-methyl/N-ethyl adjacent to an activating group) is 1. The second kappa shape index (κ2) is 6.59. The van der Waals surface area contributed by atoms with Crippen LogP contribution in [0, 0.1) is 11.3 Å². The van der Waals surface area contributed by atoms with Gasteiger partial charge >= 0.3 is 0 Å². The predicted molar refractivity (Wildman–Crippen MR) is 61.5 cm³/mol. The Bertz CT molecular complexity index is 370. The Hall–Kier alpha value is -1.86. The summed E-state index contributed by atoms with van der Waals surface area (Å²) < 4.78 is 0.